The van der Waals surface area contributed by atoms with E-state index in [1.54, 1.807) is 0 Å². The van der Waals surface area contributed by atoms with Gasteiger partial charge in [-0.1, -0.05) is 178 Å². The molecule has 2 N–H and O–H groups in total. The van der Waals surface area contributed by atoms with Crippen LogP contribution >= 0.6 is 0 Å². The van der Waals surface area contributed by atoms with Gasteiger partial charge in [0.2, 0.25) is 0 Å². The van der Waals surface area contributed by atoms with Crippen LogP contribution in [0.3, 0.4) is 0 Å². The summed E-state index contributed by atoms with van der Waals surface area (Å²) in [6.07, 6.45) is 0. The molecule has 3 aromatic heterocycles. The highest BCUT2D eigenvalue weighted by Gasteiger charge is 2.39. The molecule has 0 amide bonds. The zero-order valence-electron chi connectivity index (χ0n) is 51.8. The molecule has 0 spiro atoms. The molecule has 416 valence electrons. The Balaban J connectivity index is 1.33. The van der Waals surface area contributed by atoms with Gasteiger partial charge in [0.1, 0.15) is 30.7 Å². The van der Waals surface area contributed by atoms with Crippen molar-refractivity contribution in [2.75, 3.05) is 13.2 Å². The molecule has 0 atom stereocenters. The number of benzene rings is 4. The molecule has 9 rings (SSSR count). The SMILES string of the molecule is CC(C)(C)c1ccc2c(c1)-c1nc-2nc2nc(nc3[nH]c(nc4[nH]c(n1)c1ccc(C(C)(C)C)cc41)c1ccc(C(C)(C)C)cc31)-c1ccc(C#C/C(CO[Si](C)(C)C(C)(C)C)=C(/C#C[Si](C)(C)C)CO[Si](C)(C)C(C)(C)C)cc1-2. The molecule has 80 heavy (non-hydrogen) atoms. The summed E-state index contributed by atoms with van der Waals surface area (Å²) in [6, 6.07) is 25.9. The number of hydrogen-bond donors (Lipinski definition) is 2. The van der Waals surface area contributed by atoms with Gasteiger partial charge in [0.25, 0.3) is 0 Å². The minimum absolute atomic E-state index is 0.00147. The number of aromatic nitrogens is 8. The van der Waals surface area contributed by atoms with Crippen LogP contribution in [-0.2, 0) is 25.1 Å². The fourth-order valence-electron chi connectivity index (χ4n) is 9.02. The van der Waals surface area contributed by atoms with Gasteiger partial charge in [-0.2, -0.15) is 0 Å². The number of fused-ring (bicyclic) bond motifs is 20. The van der Waals surface area contributed by atoms with Gasteiger partial charge in [-0.25, -0.2) is 29.9 Å². The third kappa shape index (κ3) is 12.0. The molecular weight excluding hydrogens is 1030 g/mol. The molecule has 2 aliphatic heterocycles. The first-order valence-electron chi connectivity index (χ1n) is 28.3. The van der Waals surface area contributed by atoms with E-state index < -0.39 is 24.7 Å². The molecule has 0 unspecified atom stereocenters. The van der Waals surface area contributed by atoms with Gasteiger partial charge in [0.05, 0.1) is 13.2 Å². The van der Waals surface area contributed by atoms with Gasteiger partial charge in [-0.3, -0.25) is 0 Å². The highest BCUT2D eigenvalue weighted by molar-refractivity contribution is 6.84. The summed E-state index contributed by atoms with van der Waals surface area (Å²) in [5, 5.41) is 3.83. The van der Waals surface area contributed by atoms with Crippen LogP contribution in [0.25, 0.3) is 89.7 Å². The first-order valence-corrected chi connectivity index (χ1v) is 37.6. The number of hydrogen-bond acceptors (Lipinski definition) is 8. The summed E-state index contributed by atoms with van der Waals surface area (Å²) in [5.41, 5.74) is 15.5. The van der Waals surface area contributed by atoms with Crippen molar-refractivity contribution < 1.29 is 8.85 Å². The van der Waals surface area contributed by atoms with Crippen molar-refractivity contribution >= 4 is 68.8 Å². The molecule has 0 aliphatic carbocycles. The smallest absolute Gasteiger partial charge is 0.192 e. The first kappa shape index (κ1) is 58.3. The Bertz CT molecular complexity index is 3980. The molecule has 4 aromatic carbocycles. The van der Waals surface area contributed by atoms with Crippen LogP contribution in [0.1, 0.15) is 126 Å². The first-order chi connectivity index (χ1) is 36.9. The summed E-state index contributed by atoms with van der Waals surface area (Å²) < 4.78 is 13.9. The molecule has 0 saturated carbocycles. The normalized spacial score (nSPS) is 13.8. The minimum Gasteiger partial charge on any atom is -0.412 e. The molecule has 10 nitrogen and oxygen atoms in total. The highest BCUT2D eigenvalue weighted by atomic mass is 28.4. The average Bonchev–Trinajstić information content (AvgIpc) is 4.11. The third-order valence-corrected chi connectivity index (χ3v) is 26.3. The van der Waals surface area contributed by atoms with E-state index in [1.807, 2.05) is 0 Å². The molecule has 0 fully saturated rings. The predicted molar refractivity (Wildman–Crippen MR) is 343 cm³/mol. The third-order valence-electron chi connectivity index (χ3n) is 16.5. The lowest BCUT2D eigenvalue weighted by Gasteiger charge is -2.37. The summed E-state index contributed by atoms with van der Waals surface area (Å²) in [5.74, 6) is 13.0. The number of rotatable bonds is 6. The van der Waals surface area contributed by atoms with E-state index in [4.69, 9.17) is 38.8 Å². The minimum atomic E-state index is -2.20. The lowest BCUT2D eigenvalue weighted by Crippen LogP contribution is -2.42. The van der Waals surface area contributed by atoms with Gasteiger partial charge < -0.3 is 18.8 Å². The van der Waals surface area contributed by atoms with Crippen molar-refractivity contribution in [3.63, 3.8) is 0 Å². The van der Waals surface area contributed by atoms with Gasteiger partial charge >= 0.3 is 0 Å². The number of aromatic amines is 2. The summed E-state index contributed by atoms with van der Waals surface area (Å²) in [6.45, 7) is 50.4. The van der Waals surface area contributed by atoms with Gasteiger partial charge in [0, 0.05) is 60.5 Å². The topological polar surface area (TPSA) is 127 Å². The Morgan fingerprint density at radius 1 is 0.412 bits per heavy atom. The molecular formula is C67H84N8O2Si3. The van der Waals surface area contributed by atoms with E-state index in [2.05, 4.69) is 256 Å². The van der Waals surface area contributed by atoms with Crippen LogP contribution in [0.2, 0.25) is 55.9 Å². The van der Waals surface area contributed by atoms with E-state index in [9.17, 15) is 0 Å². The Morgan fingerprint density at radius 3 is 1.26 bits per heavy atom. The van der Waals surface area contributed by atoms with Crippen molar-refractivity contribution in [1.82, 2.24) is 39.9 Å². The van der Waals surface area contributed by atoms with Crippen molar-refractivity contribution in [1.29, 1.82) is 0 Å². The molecule has 5 heterocycles. The maximum Gasteiger partial charge on any atom is 0.192 e. The van der Waals surface area contributed by atoms with E-state index in [0.29, 0.717) is 59.1 Å². The Morgan fingerprint density at radius 2 is 0.787 bits per heavy atom. The predicted octanol–water partition coefficient (Wildman–Crippen LogP) is 17.3. The van der Waals surface area contributed by atoms with E-state index in [1.165, 1.54) is 16.7 Å². The summed E-state index contributed by atoms with van der Waals surface area (Å²) in [4.78, 5) is 39.6. The van der Waals surface area contributed by atoms with Crippen molar-refractivity contribution in [2.45, 2.75) is 176 Å². The molecule has 13 heteroatoms. The summed E-state index contributed by atoms with van der Waals surface area (Å²) >= 11 is 0. The van der Waals surface area contributed by atoms with Crippen molar-refractivity contribution in [3.05, 3.63) is 106 Å². The van der Waals surface area contributed by atoms with E-state index in [-0.39, 0.29) is 26.3 Å². The zero-order valence-corrected chi connectivity index (χ0v) is 54.8. The number of H-pyrrole nitrogens is 2. The maximum atomic E-state index is 6.98. The second kappa shape index (κ2) is 20.3. The van der Waals surface area contributed by atoms with E-state index >= 15 is 0 Å². The quantitative estimate of drug-likeness (QED) is 0.124. The second-order valence-corrected chi connectivity index (χ2v) is 43.6. The van der Waals surface area contributed by atoms with Crippen LogP contribution in [0.5, 0.6) is 0 Å². The maximum absolute atomic E-state index is 6.98. The van der Waals surface area contributed by atoms with Crippen LogP contribution in [0.4, 0.5) is 0 Å². The van der Waals surface area contributed by atoms with Gasteiger partial charge in [-0.15, -0.1) is 5.54 Å². The molecule has 0 saturated heterocycles. The van der Waals surface area contributed by atoms with Crippen LogP contribution in [0.15, 0.2) is 83.9 Å². The zero-order chi connectivity index (χ0) is 58.5. The van der Waals surface area contributed by atoms with Crippen LogP contribution < -0.4 is 0 Å². The van der Waals surface area contributed by atoms with Crippen molar-refractivity contribution in [3.8, 4) is 68.9 Å². The Labute approximate surface area is 479 Å². The Kier molecular flexibility index (Phi) is 14.8. The van der Waals surface area contributed by atoms with E-state index in [0.717, 1.165) is 60.5 Å². The monoisotopic (exact) mass is 1120 g/mol. The number of nitrogens with zero attached hydrogens (tertiary/aromatic N) is 6. The lowest BCUT2D eigenvalue weighted by atomic mass is 9.85. The number of nitrogens with one attached hydrogen (secondary N) is 2. The fourth-order valence-corrected chi connectivity index (χ4v) is 11.4. The molecule has 2 aliphatic rings. The molecule has 8 bridgehead atoms. The largest absolute Gasteiger partial charge is 0.412 e. The Hall–Kier alpha value is -6.33. The highest BCUT2D eigenvalue weighted by Crippen LogP contribution is 2.42. The lowest BCUT2D eigenvalue weighted by molar-refractivity contribution is 0.308. The van der Waals surface area contributed by atoms with Gasteiger partial charge in [0.15, 0.2) is 39.9 Å². The molecule has 7 aromatic rings. The van der Waals surface area contributed by atoms with Gasteiger partial charge in [-0.05, 0) is 106 Å². The van der Waals surface area contributed by atoms with Crippen molar-refractivity contribution in [2.24, 2.45) is 0 Å². The molecule has 0 radical (unpaired) electrons. The average molecular weight is 1120 g/mol. The van der Waals surface area contributed by atoms with Crippen LogP contribution in [-0.4, -0.2) is 77.8 Å². The standard InChI is InChI=1S/C67H84N8O2Si3/c1-63(2,3)44-26-30-48-52(36-44)61-71-56(48)69-59-51-35-41(23-25-42(39-76-79(19,20)66(10,11)12)43(33-34-78(16,17)18)40-77-80(21,22)67(13,14)15)24-29-47(51)55(68-59)70-60-53-37-45(64(4,5)6)27-31-49(53)57(72-60)74-62-54-38-46(65(7,8)9)28-32-50(54)58(73-61)75-62/h24,26-32,35-38H,39-40H2,1-22H3,(H2,68,69,70,71,72,73,74,75)/b43-42+. The fraction of sp³-hybridized carbons (Fsp3) is 0.433. The second-order valence-electron chi connectivity index (χ2n) is 29.2. The summed E-state index contributed by atoms with van der Waals surface area (Å²) in [7, 11) is -6.17. The van der Waals surface area contributed by atoms with Crippen LogP contribution in [0, 0.1) is 23.3 Å².